The Morgan fingerprint density at radius 3 is 1.86 bits per heavy atom. The van der Waals surface area contributed by atoms with Crippen LogP contribution in [-0.4, -0.2) is 0 Å². The molecule has 2 aliphatic carbocycles. The Bertz CT molecular complexity index is 166. The maximum Gasteiger partial charge on any atom is -0.0355 e. The molecule has 2 saturated carbocycles. The maximum absolute atomic E-state index is 2.53. The van der Waals surface area contributed by atoms with Gasteiger partial charge < -0.3 is 0 Å². The van der Waals surface area contributed by atoms with Crippen molar-refractivity contribution < 1.29 is 0 Å². The lowest BCUT2D eigenvalue weighted by Gasteiger charge is -2.29. The van der Waals surface area contributed by atoms with E-state index in [1.165, 1.54) is 38.5 Å². The Hall–Kier alpha value is 0. The van der Waals surface area contributed by atoms with Crippen molar-refractivity contribution in [1.82, 2.24) is 0 Å². The minimum atomic E-state index is 1.02. The van der Waals surface area contributed by atoms with Crippen molar-refractivity contribution in [2.45, 2.75) is 59.3 Å². The van der Waals surface area contributed by atoms with E-state index in [-0.39, 0.29) is 0 Å². The molecule has 0 aliphatic heterocycles. The van der Waals surface area contributed by atoms with Crippen molar-refractivity contribution in [3.05, 3.63) is 0 Å². The zero-order valence-electron chi connectivity index (χ0n) is 10.1. The van der Waals surface area contributed by atoms with Crippen LogP contribution in [0.2, 0.25) is 0 Å². The van der Waals surface area contributed by atoms with Crippen molar-refractivity contribution >= 4 is 0 Å². The van der Waals surface area contributed by atoms with Crippen LogP contribution in [0.5, 0.6) is 0 Å². The summed E-state index contributed by atoms with van der Waals surface area (Å²) < 4.78 is 0. The van der Waals surface area contributed by atoms with Gasteiger partial charge >= 0.3 is 0 Å². The molecule has 2 fully saturated rings. The second-order valence-electron chi connectivity index (χ2n) is 5.78. The Morgan fingerprint density at radius 2 is 1.43 bits per heavy atom. The van der Waals surface area contributed by atoms with Gasteiger partial charge in [0.1, 0.15) is 0 Å². The second-order valence-corrected chi connectivity index (χ2v) is 5.78. The molecule has 0 aromatic carbocycles. The molecule has 82 valence electrons. The van der Waals surface area contributed by atoms with E-state index in [4.69, 9.17) is 0 Å². The summed E-state index contributed by atoms with van der Waals surface area (Å²) >= 11 is 0. The quantitative estimate of drug-likeness (QED) is 0.607. The molecule has 4 unspecified atom stereocenters. The summed E-state index contributed by atoms with van der Waals surface area (Å²) in [5.74, 6) is 5.28. The average Bonchev–Trinajstić information content (AvgIpc) is 2.45. The predicted octanol–water partition coefficient (Wildman–Crippen LogP) is 4.49. The highest BCUT2D eigenvalue weighted by Crippen LogP contribution is 2.53. The standard InChI is InChI=1S/C14H26/c1-4-7-12-10(2)13-8-5-6-9-14(13)11(12)3/h10-14H,4-9H2,1-3H3. The first-order valence-corrected chi connectivity index (χ1v) is 6.75. The summed E-state index contributed by atoms with van der Waals surface area (Å²) in [6, 6.07) is 0. The highest BCUT2D eigenvalue weighted by Gasteiger charge is 2.45. The first-order chi connectivity index (χ1) is 6.75. The predicted molar refractivity (Wildman–Crippen MR) is 62.2 cm³/mol. The molecule has 0 radical (unpaired) electrons. The second kappa shape index (κ2) is 4.24. The third kappa shape index (κ3) is 1.61. The van der Waals surface area contributed by atoms with E-state index in [0.29, 0.717) is 0 Å². The molecule has 2 aliphatic rings. The van der Waals surface area contributed by atoms with Gasteiger partial charge in [-0.3, -0.25) is 0 Å². The van der Waals surface area contributed by atoms with Crippen molar-refractivity contribution in [3.8, 4) is 0 Å². The zero-order chi connectivity index (χ0) is 10.1. The van der Waals surface area contributed by atoms with Crippen molar-refractivity contribution in [1.29, 1.82) is 0 Å². The summed E-state index contributed by atoms with van der Waals surface area (Å²) in [5, 5.41) is 0. The molecule has 0 aromatic heterocycles. The van der Waals surface area contributed by atoms with Crippen LogP contribution in [0, 0.1) is 29.6 Å². The zero-order valence-corrected chi connectivity index (χ0v) is 10.1. The van der Waals surface area contributed by atoms with E-state index in [9.17, 15) is 0 Å². The molecular weight excluding hydrogens is 168 g/mol. The first kappa shape index (κ1) is 10.5. The Morgan fingerprint density at radius 1 is 0.929 bits per heavy atom. The van der Waals surface area contributed by atoms with E-state index >= 15 is 0 Å². The van der Waals surface area contributed by atoms with Crippen LogP contribution in [0.4, 0.5) is 0 Å². The molecule has 0 heterocycles. The normalized spacial score (nSPS) is 47.8. The third-order valence-electron chi connectivity index (χ3n) is 5.20. The van der Waals surface area contributed by atoms with Crippen LogP contribution in [0.15, 0.2) is 0 Å². The van der Waals surface area contributed by atoms with Gasteiger partial charge in [0.15, 0.2) is 0 Å². The molecule has 0 bridgehead atoms. The van der Waals surface area contributed by atoms with Gasteiger partial charge in [0.2, 0.25) is 0 Å². The van der Waals surface area contributed by atoms with Crippen LogP contribution >= 0.6 is 0 Å². The van der Waals surface area contributed by atoms with E-state index in [1.54, 1.807) is 0 Å². The fraction of sp³-hybridized carbons (Fsp3) is 1.00. The number of hydrogen-bond donors (Lipinski definition) is 0. The molecule has 14 heavy (non-hydrogen) atoms. The van der Waals surface area contributed by atoms with E-state index < -0.39 is 0 Å². The fourth-order valence-corrected chi connectivity index (χ4v) is 4.47. The van der Waals surface area contributed by atoms with Gasteiger partial charge in [-0.25, -0.2) is 0 Å². The average molecular weight is 194 g/mol. The monoisotopic (exact) mass is 194 g/mol. The third-order valence-corrected chi connectivity index (χ3v) is 5.20. The van der Waals surface area contributed by atoms with Crippen molar-refractivity contribution in [3.63, 3.8) is 0 Å². The highest BCUT2D eigenvalue weighted by atomic mass is 14.5. The van der Waals surface area contributed by atoms with Crippen LogP contribution in [0.25, 0.3) is 0 Å². The van der Waals surface area contributed by atoms with Crippen molar-refractivity contribution in [2.24, 2.45) is 29.6 Å². The van der Waals surface area contributed by atoms with Gasteiger partial charge in [-0.2, -0.15) is 0 Å². The summed E-state index contributed by atoms with van der Waals surface area (Å²) in [6.07, 6.45) is 8.97. The molecule has 0 saturated heterocycles. The topological polar surface area (TPSA) is 0 Å². The minimum absolute atomic E-state index is 1.02. The summed E-state index contributed by atoms with van der Waals surface area (Å²) in [7, 11) is 0. The highest BCUT2D eigenvalue weighted by molar-refractivity contribution is 4.94. The van der Waals surface area contributed by atoms with E-state index in [0.717, 1.165) is 29.6 Å². The molecular formula is C14H26. The molecule has 2 rings (SSSR count). The van der Waals surface area contributed by atoms with E-state index in [2.05, 4.69) is 20.8 Å². The number of rotatable bonds is 2. The molecule has 0 nitrogen and oxygen atoms in total. The van der Waals surface area contributed by atoms with Gasteiger partial charge in [-0.1, -0.05) is 46.5 Å². The van der Waals surface area contributed by atoms with Crippen LogP contribution in [0.3, 0.4) is 0 Å². The lowest BCUT2D eigenvalue weighted by Crippen LogP contribution is -2.19. The lowest BCUT2D eigenvalue weighted by atomic mass is 9.77. The largest absolute Gasteiger partial charge is 0.0654 e. The van der Waals surface area contributed by atoms with Crippen LogP contribution in [0.1, 0.15) is 59.3 Å². The number of fused-ring (bicyclic) bond motifs is 1. The minimum Gasteiger partial charge on any atom is -0.0654 e. The SMILES string of the molecule is CCCC1C(C)C2CCCCC2C1C. The maximum atomic E-state index is 2.53. The summed E-state index contributed by atoms with van der Waals surface area (Å²) in [5.41, 5.74) is 0. The van der Waals surface area contributed by atoms with Gasteiger partial charge in [0.25, 0.3) is 0 Å². The Balaban J connectivity index is 2.07. The lowest BCUT2D eigenvalue weighted by molar-refractivity contribution is 0.214. The molecule has 0 heteroatoms. The molecule has 0 aromatic rings. The molecule has 4 atom stereocenters. The van der Waals surface area contributed by atoms with Gasteiger partial charge in [0, 0.05) is 0 Å². The molecule has 0 spiro atoms. The summed E-state index contributed by atoms with van der Waals surface area (Å²) in [6.45, 7) is 7.42. The molecule has 0 amide bonds. The fourth-order valence-electron chi connectivity index (χ4n) is 4.47. The van der Waals surface area contributed by atoms with Gasteiger partial charge in [-0.05, 0) is 42.4 Å². The Kier molecular flexibility index (Phi) is 3.19. The van der Waals surface area contributed by atoms with Crippen LogP contribution < -0.4 is 0 Å². The Labute approximate surface area is 89.5 Å². The van der Waals surface area contributed by atoms with Gasteiger partial charge in [0.05, 0.1) is 0 Å². The first-order valence-electron chi connectivity index (χ1n) is 6.75. The van der Waals surface area contributed by atoms with E-state index in [1.807, 2.05) is 0 Å². The molecule has 0 N–H and O–H groups in total. The smallest absolute Gasteiger partial charge is 0.0355 e. The summed E-state index contributed by atoms with van der Waals surface area (Å²) in [4.78, 5) is 0. The van der Waals surface area contributed by atoms with Gasteiger partial charge in [-0.15, -0.1) is 0 Å². The van der Waals surface area contributed by atoms with Crippen LogP contribution in [-0.2, 0) is 0 Å². The van der Waals surface area contributed by atoms with Crippen molar-refractivity contribution in [2.75, 3.05) is 0 Å². The number of hydrogen-bond acceptors (Lipinski definition) is 0.